The van der Waals surface area contributed by atoms with Crippen LogP contribution in [0, 0.1) is 40.4 Å². The number of aliphatic hydroxyl groups is 1. The highest BCUT2D eigenvalue weighted by atomic mass is 31.3. The van der Waals surface area contributed by atoms with Gasteiger partial charge in [-0.1, -0.05) is 51.2 Å². The van der Waals surface area contributed by atoms with E-state index in [1.807, 2.05) is 26.8 Å². The molecule has 3 saturated carbocycles. The summed E-state index contributed by atoms with van der Waals surface area (Å²) >= 11 is 0. The van der Waals surface area contributed by atoms with Crippen molar-refractivity contribution in [3.8, 4) is 11.8 Å². The lowest BCUT2D eigenvalue weighted by atomic mass is 9.46. The van der Waals surface area contributed by atoms with E-state index in [0.717, 1.165) is 37.7 Å². The Morgan fingerprint density at radius 3 is 2.65 bits per heavy atom. The summed E-state index contributed by atoms with van der Waals surface area (Å²) < 4.78 is 58.2. The molecular weight excluding hydrogens is 744 g/mol. The zero-order valence-corrected chi connectivity index (χ0v) is 32.9. The monoisotopic (exact) mass is 797 g/mol. The van der Waals surface area contributed by atoms with Gasteiger partial charge >= 0.3 is 15.6 Å². The molecule has 17 heteroatoms. The number of ketones is 2. The number of aliphatic hydroxyl groups excluding tert-OH is 1. The van der Waals surface area contributed by atoms with E-state index in [0.29, 0.717) is 32.1 Å². The third-order valence-corrected chi connectivity index (χ3v) is 15.0. The van der Waals surface area contributed by atoms with Crippen molar-refractivity contribution in [2.45, 2.75) is 122 Å². The number of amides is 1. The Bertz CT molecular complexity index is 1690. The number of Topliss-reactive ketones (excluding diaryl/α,β-unsaturated/α-hetero) is 1. The fourth-order valence-corrected chi connectivity index (χ4v) is 12.1. The highest BCUT2D eigenvalue weighted by molar-refractivity contribution is 7.61. The summed E-state index contributed by atoms with van der Waals surface area (Å²) in [6.07, 6.45) is 10.1. The van der Waals surface area contributed by atoms with Gasteiger partial charge in [-0.05, 0) is 75.4 Å². The van der Waals surface area contributed by atoms with Gasteiger partial charge in [0.25, 0.3) is 0 Å². The first-order chi connectivity index (χ1) is 25.5. The number of hydrogen-bond acceptors (Lipinski definition) is 12. The molecule has 0 radical (unpaired) electrons. The molecule has 54 heavy (non-hydrogen) atoms. The molecule has 0 aromatic carbocycles. The first-order valence-corrected chi connectivity index (χ1v) is 22.0. The molecule has 0 spiro atoms. The number of rotatable bonds is 15. The van der Waals surface area contributed by atoms with Crippen LogP contribution in [0.15, 0.2) is 23.8 Å². The van der Waals surface area contributed by atoms with Gasteiger partial charge in [-0.15, -0.1) is 5.92 Å². The molecule has 0 bridgehead atoms. The molecule has 12 atom stereocenters. The molecule has 300 valence electrons. The summed E-state index contributed by atoms with van der Waals surface area (Å²) in [6.45, 7) is 3.81. The molecule has 5 aliphatic carbocycles. The molecule has 4 N–H and O–H groups in total. The number of fused-ring (bicyclic) bond motifs is 7. The summed E-state index contributed by atoms with van der Waals surface area (Å²) in [6, 6.07) is 0. The predicted octanol–water partition coefficient (Wildman–Crippen LogP) is 4.44. The van der Waals surface area contributed by atoms with Gasteiger partial charge in [-0.25, -0.2) is 9.13 Å². The van der Waals surface area contributed by atoms with Crippen LogP contribution in [-0.4, -0.2) is 88.9 Å². The third-order valence-electron chi connectivity index (χ3n) is 12.4. The topological polar surface area (TPSA) is 213 Å². The van der Waals surface area contributed by atoms with Crippen LogP contribution < -0.4 is 5.32 Å². The van der Waals surface area contributed by atoms with Crippen molar-refractivity contribution in [2.75, 3.05) is 26.4 Å². The molecular formula is C37H53NO14P2. The average Bonchev–Trinajstić information content (AvgIpc) is 3.56. The van der Waals surface area contributed by atoms with E-state index in [1.165, 1.54) is 0 Å². The molecule has 1 amide bonds. The summed E-state index contributed by atoms with van der Waals surface area (Å²) in [5.41, 5.74) is -2.17. The first-order valence-electron chi connectivity index (χ1n) is 19.0. The Labute approximate surface area is 316 Å². The van der Waals surface area contributed by atoms with E-state index in [9.17, 15) is 38.4 Å². The van der Waals surface area contributed by atoms with Crippen molar-refractivity contribution < 1.29 is 66.0 Å². The van der Waals surface area contributed by atoms with Crippen LogP contribution in [-0.2, 0) is 51.1 Å². The summed E-state index contributed by atoms with van der Waals surface area (Å²) in [5.74, 6) is 4.31. The minimum absolute atomic E-state index is 0.0470. The predicted molar refractivity (Wildman–Crippen MR) is 192 cm³/mol. The Kier molecular flexibility index (Phi) is 12.7. The minimum atomic E-state index is -5.37. The van der Waals surface area contributed by atoms with E-state index < -0.39 is 75.5 Å². The van der Waals surface area contributed by atoms with Crippen molar-refractivity contribution in [1.29, 1.82) is 0 Å². The fraction of sp³-hybridized carbons (Fsp3) is 0.757. The lowest BCUT2D eigenvalue weighted by molar-refractivity contribution is -0.200. The number of ether oxygens (including phenoxy) is 3. The average molecular weight is 798 g/mol. The van der Waals surface area contributed by atoms with Crippen LogP contribution in [0.1, 0.15) is 91.4 Å². The molecule has 6 aliphatic rings. The Balaban J connectivity index is 1.07. The second kappa shape index (κ2) is 16.4. The second-order valence-corrected chi connectivity index (χ2v) is 18.8. The van der Waals surface area contributed by atoms with Crippen LogP contribution in [0.25, 0.3) is 0 Å². The van der Waals surface area contributed by atoms with E-state index in [2.05, 4.69) is 21.5 Å². The normalized spacial score (nSPS) is 39.2. The van der Waals surface area contributed by atoms with Gasteiger partial charge < -0.3 is 34.4 Å². The number of phosphoric ester groups is 2. The van der Waals surface area contributed by atoms with E-state index >= 15 is 0 Å². The van der Waals surface area contributed by atoms with Gasteiger partial charge in [0, 0.05) is 29.7 Å². The van der Waals surface area contributed by atoms with Gasteiger partial charge in [0.1, 0.15) is 19.3 Å². The number of hydrogen-bond donors (Lipinski definition) is 4. The van der Waals surface area contributed by atoms with Gasteiger partial charge in [0.15, 0.2) is 23.5 Å². The minimum Gasteiger partial charge on any atom is -0.393 e. The van der Waals surface area contributed by atoms with E-state index in [1.54, 1.807) is 12.2 Å². The molecule has 0 aromatic heterocycles. The molecule has 1 saturated heterocycles. The maximum absolute atomic E-state index is 14.3. The quantitative estimate of drug-likeness (QED) is 0.103. The smallest absolute Gasteiger partial charge is 0.393 e. The maximum atomic E-state index is 14.3. The zero-order valence-electron chi connectivity index (χ0n) is 31.1. The highest BCUT2D eigenvalue weighted by Gasteiger charge is 2.76. The lowest BCUT2D eigenvalue weighted by Crippen LogP contribution is -2.63. The fourth-order valence-electron chi connectivity index (χ4n) is 10.1. The number of nitrogens with one attached hydrogen (secondary N) is 1. The van der Waals surface area contributed by atoms with Gasteiger partial charge in [-0.3, -0.25) is 23.4 Å². The van der Waals surface area contributed by atoms with Crippen molar-refractivity contribution >= 4 is 33.1 Å². The highest BCUT2D eigenvalue weighted by Crippen LogP contribution is 2.70. The molecule has 6 rings (SSSR count). The molecule has 1 aliphatic heterocycles. The number of carbonyl (C=O) groups excluding carboxylic acids is 3. The van der Waals surface area contributed by atoms with Crippen molar-refractivity contribution in [3.05, 3.63) is 23.8 Å². The maximum Gasteiger partial charge on any atom is 0.481 e. The summed E-state index contributed by atoms with van der Waals surface area (Å²) in [5, 5.41) is 14.3. The van der Waals surface area contributed by atoms with E-state index in [4.69, 9.17) is 23.3 Å². The number of allylic oxidation sites excluding steroid dienone is 4. The van der Waals surface area contributed by atoms with Gasteiger partial charge in [0.2, 0.25) is 5.91 Å². The number of carbonyl (C=O) groups is 3. The Morgan fingerprint density at radius 2 is 1.87 bits per heavy atom. The number of phosphoric acid groups is 2. The first kappa shape index (κ1) is 41.6. The third kappa shape index (κ3) is 8.32. The van der Waals surface area contributed by atoms with Crippen LogP contribution in [0.3, 0.4) is 0 Å². The van der Waals surface area contributed by atoms with Crippen LogP contribution >= 0.6 is 15.6 Å². The molecule has 1 heterocycles. The standard InChI is InChI=1S/C37H53NO14P2/c1-4-10-33-50-31-20-28-27-14-13-24-19-25(39)15-16-35(24,2)34(27)29(40)21-36(28,3)37(31,51-33)30(41)22-49-54(45,46)52-53(43,44)48-18-17-38-32(42)23-47-26-11-8-6-5-7-9-12-26/h15-16,19,26-29,31,33-34,40H,4-8,10-11,13-14,17-18,20-23H2,1-3H3,(H,38,42)(H,43,44)(H,45,46)/t26?,27-,28-,29-,31+,33?,34+,35-,36-,37+/m0/s1. The van der Waals surface area contributed by atoms with Crippen LogP contribution in [0.5, 0.6) is 0 Å². The van der Waals surface area contributed by atoms with E-state index in [-0.39, 0.29) is 49.2 Å². The van der Waals surface area contributed by atoms with Crippen LogP contribution in [0.2, 0.25) is 0 Å². The Morgan fingerprint density at radius 1 is 1.09 bits per heavy atom. The van der Waals surface area contributed by atoms with Crippen LogP contribution in [0.4, 0.5) is 0 Å². The Hall–Kier alpha value is -2.05. The summed E-state index contributed by atoms with van der Waals surface area (Å²) in [7, 11) is -10.6. The molecule has 4 unspecified atom stereocenters. The van der Waals surface area contributed by atoms with Gasteiger partial charge in [-0.2, -0.15) is 4.31 Å². The van der Waals surface area contributed by atoms with Crippen molar-refractivity contribution in [1.82, 2.24) is 5.32 Å². The molecule has 0 aromatic rings. The molecule has 15 nitrogen and oxygen atoms in total. The summed E-state index contributed by atoms with van der Waals surface area (Å²) in [4.78, 5) is 59.4. The largest absolute Gasteiger partial charge is 0.481 e. The van der Waals surface area contributed by atoms with Crippen molar-refractivity contribution in [2.24, 2.45) is 28.6 Å². The lowest BCUT2D eigenvalue weighted by Gasteiger charge is -2.59. The SMILES string of the molecule is CCCC1O[C@@H]2C[C@H]3[C@@H]4CCC5=CC(=O)C=C[C@]5(C)[C@H]4[C@@H](O)C[C@]3(C)[C@]2(C(=O)COP(=O)(O)OP(=O)(O)OCCNC(=O)COC2C#CCCCCC2)O1. The zero-order chi connectivity index (χ0) is 38.9. The van der Waals surface area contributed by atoms with Crippen molar-refractivity contribution in [3.63, 3.8) is 0 Å². The second-order valence-electron chi connectivity index (χ2n) is 15.8. The van der Waals surface area contributed by atoms with Gasteiger partial charge in [0.05, 0.1) is 18.8 Å². The molecule has 4 fully saturated rings.